The maximum atomic E-state index is 5.56. The summed E-state index contributed by atoms with van der Waals surface area (Å²) >= 11 is 0. The average molecular weight is 727 g/mol. The molecule has 0 saturated heterocycles. The van der Waals surface area contributed by atoms with Crippen molar-refractivity contribution in [1.82, 2.24) is 19.9 Å². The van der Waals surface area contributed by atoms with Crippen LogP contribution < -0.4 is 0 Å². The van der Waals surface area contributed by atoms with Gasteiger partial charge in [-0.15, -0.1) is 0 Å². The van der Waals surface area contributed by atoms with Crippen molar-refractivity contribution in [1.29, 1.82) is 0 Å². The molecule has 0 unspecified atom stereocenters. The van der Waals surface area contributed by atoms with E-state index in [-0.39, 0.29) is 0 Å². The van der Waals surface area contributed by atoms with Gasteiger partial charge in [0.05, 0.1) is 22.8 Å². The first-order valence-electron chi connectivity index (χ1n) is 20.1. The molecule has 0 atom stereocenters. The molecule has 4 nitrogen and oxygen atoms in total. The lowest BCUT2D eigenvalue weighted by molar-refractivity contribution is 1.07. The highest BCUT2D eigenvalue weighted by Gasteiger charge is 2.26. The molecule has 2 N–H and O–H groups in total. The molecule has 4 aromatic carbocycles. The van der Waals surface area contributed by atoms with E-state index in [9.17, 15) is 0 Å². The molecule has 0 radical (unpaired) electrons. The highest BCUT2D eigenvalue weighted by molar-refractivity contribution is 6.08. The van der Waals surface area contributed by atoms with E-state index in [1.165, 1.54) is 22.3 Å². The van der Waals surface area contributed by atoms with E-state index in [4.69, 9.17) is 9.97 Å². The molecule has 8 bridgehead atoms. The summed E-state index contributed by atoms with van der Waals surface area (Å²) in [4.78, 5) is 19.0. The third kappa shape index (κ3) is 6.12. The number of aromatic amines is 2. The fourth-order valence-electron chi connectivity index (χ4n) is 8.90. The highest BCUT2D eigenvalue weighted by atomic mass is 14.8. The number of nitrogens with one attached hydrogen (secondary N) is 2. The van der Waals surface area contributed by atoms with Gasteiger partial charge in [-0.3, -0.25) is 0 Å². The molecule has 2 aliphatic rings. The number of H-pyrrole nitrogens is 2. The topological polar surface area (TPSA) is 57.4 Å². The van der Waals surface area contributed by atoms with Crippen molar-refractivity contribution in [2.75, 3.05) is 0 Å². The molecule has 56 heavy (non-hydrogen) atoms. The van der Waals surface area contributed by atoms with Crippen LogP contribution in [0.2, 0.25) is 0 Å². The molecule has 4 heteroatoms. The van der Waals surface area contributed by atoms with E-state index in [2.05, 4.69) is 183 Å². The molecule has 0 aliphatic carbocycles. The van der Waals surface area contributed by atoms with E-state index >= 15 is 0 Å². The molecule has 0 spiro atoms. The number of hydrogen-bond acceptors (Lipinski definition) is 2. The zero-order valence-corrected chi connectivity index (χ0v) is 32.6. The summed E-state index contributed by atoms with van der Waals surface area (Å²) < 4.78 is 0. The number of aromatic nitrogens is 4. The number of fused-ring (bicyclic) bond motifs is 8. The number of nitrogens with zero attached hydrogens (tertiary/aromatic N) is 2. The van der Waals surface area contributed by atoms with Gasteiger partial charge in [-0.1, -0.05) is 149 Å². The van der Waals surface area contributed by atoms with E-state index in [0.29, 0.717) is 0 Å². The largest absolute Gasteiger partial charge is 0.355 e. The van der Waals surface area contributed by atoms with Crippen molar-refractivity contribution < 1.29 is 0 Å². The first-order valence-corrected chi connectivity index (χ1v) is 20.1. The van der Waals surface area contributed by atoms with Crippen LogP contribution in [0.5, 0.6) is 0 Å². The molecular formula is C52H46N4. The Morgan fingerprint density at radius 1 is 0.321 bits per heavy atom. The van der Waals surface area contributed by atoms with Crippen LogP contribution in [0.3, 0.4) is 0 Å². The van der Waals surface area contributed by atoms with Crippen LogP contribution >= 0.6 is 0 Å². The summed E-state index contributed by atoms with van der Waals surface area (Å²) in [7, 11) is 0. The van der Waals surface area contributed by atoms with E-state index in [1.807, 2.05) is 0 Å². The van der Waals surface area contributed by atoms with Crippen molar-refractivity contribution in [2.24, 2.45) is 0 Å². The van der Waals surface area contributed by atoms with Gasteiger partial charge in [-0.05, 0) is 94.5 Å². The lowest BCUT2D eigenvalue weighted by atomic mass is 9.92. The van der Waals surface area contributed by atoms with Gasteiger partial charge in [0, 0.05) is 44.4 Å². The van der Waals surface area contributed by atoms with Gasteiger partial charge in [0.2, 0.25) is 0 Å². The van der Waals surface area contributed by atoms with Crippen LogP contribution in [-0.2, 0) is 25.7 Å². The summed E-state index contributed by atoms with van der Waals surface area (Å²) in [5.74, 6) is 0. The van der Waals surface area contributed by atoms with Gasteiger partial charge in [-0.25, -0.2) is 9.97 Å². The van der Waals surface area contributed by atoms with Crippen LogP contribution in [0.1, 0.15) is 95.0 Å². The second kappa shape index (κ2) is 15.0. The standard InChI is InChI=1S/C52H46N4/c1-5-37-38(6-2)42-30-46-50(34-23-15-10-16-24-34)52(36-27-19-12-20-28-36)48(56-46)32-44-40(8-4)39(7-3)43(54-44)31-47-51(35-25-17-11-18-26-35)49(33-21-13-9-14-22-33)45(55-47)29-41(37)53-42/h9-32,53-54H,5-8H2,1-4H3. The Balaban J connectivity index is 1.49. The lowest BCUT2D eigenvalue weighted by Gasteiger charge is -2.09. The third-order valence-electron chi connectivity index (χ3n) is 11.4. The zero-order chi connectivity index (χ0) is 38.2. The first-order chi connectivity index (χ1) is 27.6. The van der Waals surface area contributed by atoms with Crippen molar-refractivity contribution in [3.05, 3.63) is 213 Å². The molecule has 5 heterocycles. The van der Waals surface area contributed by atoms with E-state index < -0.39 is 0 Å². The predicted molar refractivity (Wildman–Crippen MR) is 234 cm³/mol. The molecule has 7 aromatic rings. The summed E-state index contributed by atoms with van der Waals surface area (Å²) in [6.07, 6.45) is 3.57. The number of benzene rings is 4. The molecule has 3 aromatic heterocycles. The van der Waals surface area contributed by atoms with Gasteiger partial charge in [0.15, 0.2) is 0 Å². The van der Waals surface area contributed by atoms with Crippen LogP contribution in [0.25, 0.3) is 44.4 Å². The molecule has 0 fully saturated rings. The Kier molecular flexibility index (Phi) is 9.40. The maximum absolute atomic E-state index is 5.56. The second-order valence-electron chi connectivity index (χ2n) is 14.5. The molecular weight excluding hydrogens is 681 g/mol. The van der Waals surface area contributed by atoms with Crippen molar-refractivity contribution >= 4 is 44.4 Å². The fourth-order valence-corrected chi connectivity index (χ4v) is 8.90. The predicted octanol–water partition coefficient (Wildman–Crippen LogP) is 12.6. The third-order valence-corrected chi connectivity index (χ3v) is 11.4. The second-order valence-corrected chi connectivity index (χ2v) is 14.5. The minimum absolute atomic E-state index is 0.893. The monoisotopic (exact) mass is 726 g/mol. The fraction of sp³-hybridized carbons (Fsp3) is 0.154. The average Bonchev–Trinajstić information content (AvgIpc) is 3.98. The van der Waals surface area contributed by atoms with Gasteiger partial charge >= 0.3 is 0 Å². The number of aryl methyl sites for hydroxylation is 4. The maximum Gasteiger partial charge on any atom is 0.0743 e. The lowest BCUT2D eigenvalue weighted by Crippen LogP contribution is -1.91. The van der Waals surface area contributed by atoms with E-state index in [1.54, 1.807) is 0 Å². The Morgan fingerprint density at radius 3 is 0.732 bits per heavy atom. The summed E-state index contributed by atoms with van der Waals surface area (Å²) in [6.45, 7) is 9.03. The van der Waals surface area contributed by atoms with Crippen molar-refractivity contribution in [3.8, 4) is 0 Å². The normalized spacial score (nSPS) is 12.8. The zero-order valence-electron chi connectivity index (χ0n) is 32.6. The van der Waals surface area contributed by atoms with Gasteiger partial charge in [0.25, 0.3) is 0 Å². The molecule has 9 rings (SSSR count). The Morgan fingerprint density at radius 2 is 0.536 bits per heavy atom. The Hall–Kier alpha value is -6.52. The minimum atomic E-state index is 0.893. The van der Waals surface area contributed by atoms with Crippen LogP contribution in [0, 0.1) is 0 Å². The molecule has 0 amide bonds. The smallest absolute Gasteiger partial charge is 0.0743 e. The Bertz CT molecular complexity index is 2420. The van der Waals surface area contributed by atoms with Gasteiger partial charge in [0.1, 0.15) is 0 Å². The highest BCUT2D eigenvalue weighted by Crippen LogP contribution is 2.42. The van der Waals surface area contributed by atoms with Crippen LogP contribution in [0.15, 0.2) is 146 Å². The minimum Gasteiger partial charge on any atom is -0.355 e. The first kappa shape index (κ1) is 35.2. The summed E-state index contributed by atoms with van der Waals surface area (Å²) in [6, 6.07) is 52.2. The Labute approximate surface area is 329 Å². The molecule has 2 aliphatic heterocycles. The van der Waals surface area contributed by atoms with Crippen molar-refractivity contribution in [3.63, 3.8) is 0 Å². The number of hydrogen-bond donors (Lipinski definition) is 2. The summed E-state index contributed by atoms with van der Waals surface area (Å²) in [5, 5.41) is 0. The van der Waals surface area contributed by atoms with Crippen LogP contribution in [0.4, 0.5) is 0 Å². The SMILES string of the molecule is CCc1c(CC)c2cc3nc(cc4[nH]c(cc5nc(cc1[nH]2)C(c1ccccc1)=C5c1ccccc1)c(CC)c4CC)C(c1ccccc1)=C3c1ccccc1. The quantitative estimate of drug-likeness (QED) is 0.164. The van der Waals surface area contributed by atoms with Gasteiger partial charge < -0.3 is 9.97 Å². The summed E-state index contributed by atoms with van der Waals surface area (Å²) in [5.41, 5.74) is 22.6. The number of rotatable bonds is 8. The van der Waals surface area contributed by atoms with E-state index in [0.717, 1.165) is 115 Å². The van der Waals surface area contributed by atoms with Crippen LogP contribution in [-0.4, -0.2) is 19.9 Å². The van der Waals surface area contributed by atoms with Gasteiger partial charge in [-0.2, -0.15) is 0 Å². The molecule has 274 valence electrons. The van der Waals surface area contributed by atoms with Crippen molar-refractivity contribution in [2.45, 2.75) is 53.4 Å². The molecule has 0 saturated carbocycles.